The fraction of sp³-hybridized carbons (Fsp3) is 0.150. The molecule has 0 spiro atoms. The van der Waals surface area contributed by atoms with Gasteiger partial charge in [0.15, 0.2) is 0 Å². The maximum atomic E-state index is 14.6. The van der Waals surface area contributed by atoms with Crippen LogP contribution in [0.4, 0.5) is 15.9 Å². The van der Waals surface area contributed by atoms with Gasteiger partial charge in [0.2, 0.25) is 0 Å². The van der Waals surface area contributed by atoms with E-state index in [4.69, 9.17) is 11.6 Å². The van der Waals surface area contributed by atoms with Crippen LogP contribution in [0.3, 0.4) is 0 Å². The lowest BCUT2D eigenvalue weighted by atomic mass is 10.1. The van der Waals surface area contributed by atoms with E-state index in [2.05, 4.69) is 15.8 Å². The number of likely N-dealkylation sites (N-methyl/N-ethyl adjacent to an activating group) is 1. The summed E-state index contributed by atoms with van der Waals surface area (Å²) in [6.07, 6.45) is 1.55. The summed E-state index contributed by atoms with van der Waals surface area (Å²) in [5, 5.41) is 7.60. The Labute approximate surface area is 171 Å². The monoisotopic (exact) mass is 413 g/mol. The van der Waals surface area contributed by atoms with Crippen molar-refractivity contribution in [2.24, 2.45) is 0 Å². The molecule has 1 aliphatic heterocycles. The van der Waals surface area contributed by atoms with Crippen LogP contribution in [0.25, 0.3) is 10.8 Å². The molecule has 0 aliphatic carbocycles. The molecule has 29 heavy (non-hydrogen) atoms. The molecule has 9 heteroatoms. The first kappa shape index (κ1) is 19.3. The second kappa shape index (κ2) is 7.40. The summed E-state index contributed by atoms with van der Waals surface area (Å²) in [5.74, 6) is -1.29. The van der Waals surface area contributed by atoms with Crippen molar-refractivity contribution < 1.29 is 14.0 Å². The van der Waals surface area contributed by atoms with Gasteiger partial charge in [0.05, 0.1) is 17.8 Å². The van der Waals surface area contributed by atoms with E-state index < -0.39 is 11.7 Å². The number of pyridine rings is 1. The molecular formula is C20H17ClFN5O2. The number of hydrazine groups is 2. The summed E-state index contributed by atoms with van der Waals surface area (Å²) in [4.78, 5) is 28.8. The SMILES string of the molecule is Cc1cc(Cl)cc2ccnc(NC(=O)c3ccc(N4NN(C)CC4=O)cc3F)c12. The number of hydrogen-bond donors (Lipinski definition) is 2. The number of hydrogen-bond acceptors (Lipinski definition) is 5. The maximum Gasteiger partial charge on any atom is 0.259 e. The number of benzene rings is 2. The summed E-state index contributed by atoms with van der Waals surface area (Å²) in [5.41, 5.74) is 3.79. The molecule has 0 radical (unpaired) electrons. The van der Waals surface area contributed by atoms with Gasteiger partial charge in [0.1, 0.15) is 11.6 Å². The largest absolute Gasteiger partial charge is 0.306 e. The number of rotatable bonds is 3. The highest BCUT2D eigenvalue weighted by molar-refractivity contribution is 6.31. The molecule has 3 aromatic rings. The standard InChI is InChI=1S/C20H17ClFN5O2/c1-11-7-13(21)8-12-5-6-23-19(18(11)12)24-20(29)15-4-3-14(9-16(15)22)27-17(28)10-26(2)25-27/h3-9,25H,10H2,1-2H3,(H,23,24,29). The van der Waals surface area contributed by atoms with Crippen molar-refractivity contribution in [1.82, 2.24) is 15.5 Å². The second-order valence-corrected chi connectivity index (χ2v) is 7.22. The predicted molar refractivity (Wildman–Crippen MR) is 109 cm³/mol. The maximum absolute atomic E-state index is 14.6. The number of aryl methyl sites for hydroxylation is 1. The van der Waals surface area contributed by atoms with Gasteiger partial charge in [0, 0.05) is 23.7 Å². The van der Waals surface area contributed by atoms with Crippen LogP contribution in [0.5, 0.6) is 0 Å². The Kier molecular flexibility index (Phi) is 4.91. The van der Waals surface area contributed by atoms with Crippen LogP contribution in [0, 0.1) is 12.7 Å². The first-order chi connectivity index (χ1) is 13.8. The molecule has 2 heterocycles. The molecule has 0 atom stereocenters. The molecule has 2 N–H and O–H groups in total. The molecule has 1 saturated heterocycles. The van der Waals surface area contributed by atoms with Gasteiger partial charge in [-0.2, -0.15) is 5.53 Å². The number of nitrogens with one attached hydrogen (secondary N) is 2. The highest BCUT2D eigenvalue weighted by Crippen LogP contribution is 2.29. The Morgan fingerprint density at radius 3 is 2.76 bits per heavy atom. The van der Waals surface area contributed by atoms with Crippen LogP contribution in [0.1, 0.15) is 15.9 Å². The van der Waals surface area contributed by atoms with Gasteiger partial charge in [-0.25, -0.2) is 19.4 Å². The molecule has 148 valence electrons. The molecule has 2 amide bonds. The van der Waals surface area contributed by atoms with E-state index >= 15 is 0 Å². The normalized spacial score (nSPS) is 14.6. The van der Waals surface area contributed by atoms with Gasteiger partial charge in [-0.3, -0.25) is 9.59 Å². The first-order valence-corrected chi connectivity index (χ1v) is 9.17. The quantitative estimate of drug-likeness (QED) is 0.689. The predicted octanol–water partition coefficient (Wildman–Crippen LogP) is 3.29. The number of fused-ring (bicyclic) bond motifs is 1. The third-order valence-electron chi connectivity index (χ3n) is 4.61. The number of carbonyl (C=O) groups excluding carboxylic acids is 2. The van der Waals surface area contributed by atoms with Crippen molar-refractivity contribution in [3.8, 4) is 0 Å². The highest BCUT2D eigenvalue weighted by Gasteiger charge is 2.27. The Morgan fingerprint density at radius 1 is 1.28 bits per heavy atom. The van der Waals surface area contributed by atoms with Crippen molar-refractivity contribution in [1.29, 1.82) is 0 Å². The minimum absolute atomic E-state index is 0.154. The van der Waals surface area contributed by atoms with Crippen LogP contribution in [-0.2, 0) is 4.79 Å². The molecule has 0 unspecified atom stereocenters. The zero-order valence-corrected chi connectivity index (χ0v) is 16.4. The van der Waals surface area contributed by atoms with Crippen LogP contribution >= 0.6 is 11.6 Å². The zero-order valence-electron chi connectivity index (χ0n) is 15.7. The van der Waals surface area contributed by atoms with Crippen molar-refractivity contribution in [2.45, 2.75) is 6.92 Å². The second-order valence-electron chi connectivity index (χ2n) is 6.78. The van der Waals surface area contributed by atoms with Gasteiger partial charge in [0.25, 0.3) is 11.8 Å². The van der Waals surface area contributed by atoms with Crippen molar-refractivity contribution in [2.75, 3.05) is 23.9 Å². The third kappa shape index (κ3) is 3.65. The summed E-state index contributed by atoms with van der Waals surface area (Å²) in [7, 11) is 1.70. The van der Waals surface area contributed by atoms with Crippen LogP contribution in [-0.4, -0.2) is 35.4 Å². The van der Waals surface area contributed by atoms with E-state index in [1.807, 2.05) is 6.92 Å². The minimum Gasteiger partial charge on any atom is -0.306 e. The molecule has 0 bridgehead atoms. The van der Waals surface area contributed by atoms with Crippen molar-refractivity contribution >= 4 is 45.7 Å². The number of halogens is 2. The van der Waals surface area contributed by atoms with E-state index in [0.717, 1.165) is 22.4 Å². The molecule has 2 aromatic carbocycles. The minimum atomic E-state index is -0.746. The van der Waals surface area contributed by atoms with Gasteiger partial charge < -0.3 is 5.32 Å². The Bertz CT molecular complexity index is 1150. The smallest absolute Gasteiger partial charge is 0.259 e. The van der Waals surface area contributed by atoms with Gasteiger partial charge in [-0.05, 0) is 54.3 Å². The number of amides is 2. The molecule has 7 nitrogen and oxygen atoms in total. The fourth-order valence-electron chi connectivity index (χ4n) is 3.31. The van der Waals surface area contributed by atoms with Crippen molar-refractivity contribution in [3.05, 3.63) is 64.6 Å². The average Bonchev–Trinajstić information content (AvgIpc) is 2.99. The van der Waals surface area contributed by atoms with Crippen LogP contribution < -0.4 is 15.9 Å². The van der Waals surface area contributed by atoms with E-state index in [-0.39, 0.29) is 18.0 Å². The lowest BCUT2D eigenvalue weighted by molar-refractivity contribution is -0.116. The summed E-state index contributed by atoms with van der Waals surface area (Å²) in [6.45, 7) is 2.03. The lowest BCUT2D eigenvalue weighted by Gasteiger charge is -2.17. The topological polar surface area (TPSA) is 77.6 Å². The molecule has 1 fully saturated rings. The number of anilines is 2. The first-order valence-electron chi connectivity index (χ1n) is 8.79. The third-order valence-corrected chi connectivity index (χ3v) is 4.82. The molecule has 0 saturated carbocycles. The Hall–Kier alpha value is -3.07. The number of aromatic nitrogens is 1. The molecule has 1 aliphatic rings. The molecule has 4 rings (SSSR count). The number of nitrogens with zero attached hydrogens (tertiary/aromatic N) is 3. The zero-order chi connectivity index (χ0) is 20.7. The van der Waals surface area contributed by atoms with Gasteiger partial charge >= 0.3 is 0 Å². The summed E-state index contributed by atoms with van der Waals surface area (Å²) in [6, 6.07) is 9.31. The van der Waals surface area contributed by atoms with E-state index in [9.17, 15) is 14.0 Å². The lowest BCUT2D eigenvalue weighted by Crippen LogP contribution is -2.38. The Morgan fingerprint density at radius 2 is 2.07 bits per heavy atom. The fourth-order valence-corrected chi connectivity index (χ4v) is 3.60. The molecular weight excluding hydrogens is 397 g/mol. The Balaban J connectivity index is 1.63. The summed E-state index contributed by atoms with van der Waals surface area (Å²) >= 11 is 6.09. The van der Waals surface area contributed by atoms with E-state index in [1.165, 1.54) is 17.1 Å². The summed E-state index contributed by atoms with van der Waals surface area (Å²) < 4.78 is 14.6. The number of carbonyl (C=O) groups is 2. The van der Waals surface area contributed by atoms with Crippen LogP contribution in [0.2, 0.25) is 5.02 Å². The van der Waals surface area contributed by atoms with Crippen molar-refractivity contribution in [3.63, 3.8) is 0 Å². The highest BCUT2D eigenvalue weighted by atomic mass is 35.5. The van der Waals surface area contributed by atoms with E-state index in [1.54, 1.807) is 36.5 Å². The van der Waals surface area contributed by atoms with Gasteiger partial charge in [-0.15, -0.1) is 0 Å². The average molecular weight is 414 g/mol. The molecule has 1 aromatic heterocycles. The van der Waals surface area contributed by atoms with Gasteiger partial charge in [-0.1, -0.05) is 11.6 Å². The van der Waals surface area contributed by atoms with Crippen LogP contribution in [0.15, 0.2) is 42.6 Å². The van der Waals surface area contributed by atoms with E-state index in [0.29, 0.717) is 16.5 Å².